The van der Waals surface area contributed by atoms with Gasteiger partial charge < -0.3 is 15.5 Å². The maximum Gasteiger partial charge on any atom is 0.173 e. The second-order valence-corrected chi connectivity index (χ2v) is 5.24. The summed E-state index contributed by atoms with van der Waals surface area (Å²) in [5, 5.41) is 11.6. The molecule has 6 heteroatoms. The van der Waals surface area contributed by atoms with Crippen molar-refractivity contribution in [3.63, 3.8) is 0 Å². The Labute approximate surface area is 121 Å². The van der Waals surface area contributed by atoms with Crippen molar-refractivity contribution in [2.24, 2.45) is 10.9 Å². The van der Waals surface area contributed by atoms with Crippen molar-refractivity contribution >= 4 is 5.84 Å². The average molecular weight is 288 g/mol. The quantitative estimate of drug-likeness (QED) is 0.393. The lowest BCUT2D eigenvalue weighted by atomic mass is 10.0. The van der Waals surface area contributed by atoms with E-state index in [9.17, 15) is 4.39 Å². The van der Waals surface area contributed by atoms with Crippen LogP contribution in [-0.4, -0.2) is 20.6 Å². The third-order valence-electron chi connectivity index (χ3n) is 3.91. The van der Waals surface area contributed by atoms with Gasteiger partial charge in [0, 0.05) is 11.3 Å². The van der Waals surface area contributed by atoms with E-state index in [1.54, 1.807) is 18.5 Å². The predicted octanol–water partition coefficient (Wildman–Crippen LogP) is 2.04. The molecule has 21 heavy (non-hydrogen) atoms. The zero-order valence-corrected chi connectivity index (χ0v) is 11.6. The lowest BCUT2D eigenvalue weighted by Crippen LogP contribution is -2.17. The van der Waals surface area contributed by atoms with E-state index >= 15 is 0 Å². The standard InChI is InChI=1S/C15H17FN4O/c16-14-10(4-3-5-11(14)15(17)19-21)8-20-9-18-12-6-1-2-7-13(12)20/h3-5,9,21H,1-2,6-8H2,(H2,17,19). The first kappa shape index (κ1) is 13.6. The summed E-state index contributed by atoms with van der Waals surface area (Å²) in [7, 11) is 0. The van der Waals surface area contributed by atoms with Crippen LogP contribution in [0.5, 0.6) is 0 Å². The first-order valence-corrected chi connectivity index (χ1v) is 6.99. The first-order chi connectivity index (χ1) is 10.2. The second kappa shape index (κ2) is 5.55. The van der Waals surface area contributed by atoms with Crippen molar-refractivity contribution in [1.82, 2.24) is 9.55 Å². The van der Waals surface area contributed by atoms with Gasteiger partial charge in [0.1, 0.15) is 5.82 Å². The van der Waals surface area contributed by atoms with E-state index in [0.717, 1.165) is 31.4 Å². The van der Waals surface area contributed by atoms with Crippen LogP contribution in [0.2, 0.25) is 0 Å². The first-order valence-electron chi connectivity index (χ1n) is 6.99. The Morgan fingerprint density at radius 2 is 2.19 bits per heavy atom. The van der Waals surface area contributed by atoms with Crippen LogP contribution in [0.4, 0.5) is 4.39 Å². The molecule has 0 aliphatic heterocycles. The van der Waals surface area contributed by atoms with Crippen LogP contribution in [0.15, 0.2) is 29.7 Å². The molecule has 0 saturated carbocycles. The van der Waals surface area contributed by atoms with Gasteiger partial charge in [-0.15, -0.1) is 0 Å². The molecule has 1 aliphatic carbocycles. The highest BCUT2D eigenvalue weighted by molar-refractivity contribution is 5.97. The van der Waals surface area contributed by atoms with Crippen LogP contribution in [0.3, 0.4) is 0 Å². The zero-order chi connectivity index (χ0) is 14.8. The van der Waals surface area contributed by atoms with Crippen LogP contribution in [0.25, 0.3) is 0 Å². The van der Waals surface area contributed by atoms with Gasteiger partial charge in [-0.05, 0) is 31.7 Å². The van der Waals surface area contributed by atoms with Gasteiger partial charge in [-0.25, -0.2) is 9.37 Å². The maximum atomic E-state index is 14.4. The summed E-state index contributed by atoms with van der Waals surface area (Å²) in [6.07, 6.45) is 6.06. The Hall–Kier alpha value is -2.37. The molecule has 3 N–H and O–H groups in total. The summed E-state index contributed by atoms with van der Waals surface area (Å²) >= 11 is 0. The molecular formula is C15H17FN4O. The minimum Gasteiger partial charge on any atom is -0.409 e. The highest BCUT2D eigenvalue weighted by Gasteiger charge is 2.17. The van der Waals surface area contributed by atoms with Gasteiger partial charge in [0.15, 0.2) is 5.84 Å². The van der Waals surface area contributed by atoms with E-state index in [-0.39, 0.29) is 11.4 Å². The summed E-state index contributed by atoms with van der Waals surface area (Å²) in [6.45, 7) is 0.403. The number of halogens is 1. The molecule has 2 aromatic rings. The monoisotopic (exact) mass is 288 g/mol. The molecule has 0 atom stereocenters. The van der Waals surface area contributed by atoms with Crippen molar-refractivity contribution in [3.8, 4) is 0 Å². The number of aryl methyl sites for hydroxylation is 1. The Kier molecular flexibility index (Phi) is 3.60. The maximum absolute atomic E-state index is 14.4. The number of aromatic nitrogens is 2. The molecule has 0 radical (unpaired) electrons. The lowest BCUT2D eigenvalue weighted by Gasteiger charge is -2.15. The second-order valence-electron chi connectivity index (χ2n) is 5.24. The molecule has 1 aromatic carbocycles. The molecular weight excluding hydrogens is 271 g/mol. The molecule has 0 bridgehead atoms. The highest BCUT2D eigenvalue weighted by atomic mass is 19.1. The summed E-state index contributed by atoms with van der Waals surface area (Å²) in [4.78, 5) is 4.41. The predicted molar refractivity (Wildman–Crippen MR) is 76.9 cm³/mol. The molecule has 5 nitrogen and oxygen atoms in total. The molecule has 3 rings (SSSR count). The summed E-state index contributed by atoms with van der Waals surface area (Å²) < 4.78 is 16.4. The van der Waals surface area contributed by atoms with Crippen molar-refractivity contribution in [3.05, 3.63) is 52.9 Å². The minimum absolute atomic E-state index is 0.115. The highest BCUT2D eigenvalue weighted by Crippen LogP contribution is 2.22. The molecule has 0 fully saturated rings. The number of imidazole rings is 1. The van der Waals surface area contributed by atoms with Crippen molar-refractivity contribution in [1.29, 1.82) is 0 Å². The van der Waals surface area contributed by atoms with Crippen molar-refractivity contribution in [2.45, 2.75) is 32.2 Å². The molecule has 0 spiro atoms. The largest absolute Gasteiger partial charge is 0.409 e. The van der Waals surface area contributed by atoms with Crippen LogP contribution < -0.4 is 5.73 Å². The fraction of sp³-hybridized carbons (Fsp3) is 0.333. The summed E-state index contributed by atoms with van der Waals surface area (Å²) in [6, 6.07) is 4.91. The normalized spacial score (nSPS) is 15.0. The molecule has 1 heterocycles. The Morgan fingerprint density at radius 1 is 1.38 bits per heavy atom. The SMILES string of the molecule is N/C(=N/O)c1cccc(Cn2cnc3c2CCCC3)c1F. The average Bonchev–Trinajstić information content (AvgIpc) is 2.92. The number of hydrogen-bond acceptors (Lipinski definition) is 3. The van der Waals surface area contributed by atoms with E-state index in [4.69, 9.17) is 10.9 Å². The van der Waals surface area contributed by atoms with E-state index in [1.165, 1.54) is 11.8 Å². The number of hydrogen-bond donors (Lipinski definition) is 2. The zero-order valence-electron chi connectivity index (χ0n) is 11.6. The van der Waals surface area contributed by atoms with Crippen LogP contribution >= 0.6 is 0 Å². The third kappa shape index (κ3) is 2.49. The third-order valence-corrected chi connectivity index (χ3v) is 3.91. The van der Waals surface area contributed by atoms with Crippen LogP contribution in [0.1, 0.15) is 35.4 Å². The number of nitrogens with zero attached hydrogens (tertiary/aromatic N) is 3. The number of amidine groups is 1. The van der Waals surface area contributed by atoms with E-state index in [0.29, 0.717) is 12.1 Å². The summed E-state index contributed by atoms with van der Waals surface area (Å²) in [5.74, 6) is -0.673. The van der Waals surface area contributed by atoms with Crippen LogP contribution in [0, 0.1) is 5.82 Å². The van der Waals surface area contributed by atoms with E-state index < -0.39 is 5.82 Å². The van der Waals surface area contributed by atoms with Gasteiger partial charge in [0.25, 0.3) is 0 Å². The van der Waals surface area contributed by atoms with Crippen LogP contribution in [-0.2, 0) is 19.4 Å². The van der Waals surface area contributed by atoms with Gasteiger partial charge in [0.2, 0.25) is 0 Å². The number of fused-ring (bicyclic) bond motifs is 1. The number of benzene rings is 1. The van der Waals surface area contributed by atoms with Gasteiger partial charge in [-0.1, -0.05) is 17.3 Å². The lowest BCUT2D eigenvalue weighted by molar-refractivity contribution is 0.318. The van der Waals surface area contributed by atoms with Crippen molar-refractivity contribution < 1.29 is 9.60 Å². The number of rotatable bonds is 3. The molecule has 0 unspecified atom stereocenters. The molecule has 1 aromatic heterocycles. The van der Waals surface area contributed by atoms with Gasteiger partial charge >= 0.3 is 0 Å². The van der Waals surface area contributed by atoms with Gasteiger partial charge in [0.05, 0.1) is 24.1 Å². The fourth-order valence-corrected chi connectivity index (χ4v) is 2.80. The van der Waals surface area contributed by atoms with E-state index in [2.05, 4.69) is 10.1 Å². The number of oxime groups is 1. The Balaban J connectivity index is 1.94. The molecule has 110 valence electrons. The summed E-state index contributed by atoms with van der Waals surface area (Å²) in [5.41, 5.74) is 8.42. The molecule has 0 amide bonds. The molecule has 0 saturated heterocycles. The number of nitrogens with two attached hydrogens (primary N) is 1. The Bertz CT molecular complexity index is 693. The smallest absolute Gasteiger partial charge is 0.173 e. The van der Waals surface area contributed by atoms with Gasteiger partial charge in [-0.3, -0.25) is 0 Å². The minimum atomic E-state index is -0.453. The van der Waals surface area contributed by atoms with Crippen molar-refractivity contribution in [2.75, 3.05) is 0 Å². The van der Waals surface area contributed by atoms with E-state index in [1.807, 2.05) is 4.57 Å². The van der Waals surface area contributed by atoms with Gasteiger partial charge in [-0.2, -0.15) is 0 Å². The fourth-order valence-electron chi connectivity index (χ4n) is 2.80. The molecule has 1 aliphatic rings. The Morgan fingerprint density at radius 3 is 3.00 bits per heavy atom. The topological polar surface area (TPSA) is 76.4 Å².